The van der Waals surface area contributed by atoms with E-state index in [0.717, 1.165) is 22.7 Å². The minimum atomic E-state index is 1.04. The Morgan fingerprint density at radius 2 is 0.556 bits per heavy atom. The monoisotopic (exact) mass is 688 g/mol. The van der Waals surface area contributed by atoms with Crippen molar-refractivity contribution in [3.05, 3.63) is 206 Å². The third-order valence-electron chi connectivity index (χ3n) is 10.6. The highest BCUT2D eigenvalue weighted by Crippen LogP contribution is 2.46. The first kappa shape index (κ1) is 31.6. The zero-order valence-electron chi connectivity index (χ0n) is 29.6. The van der Waals surface area contributed by atoms with E-state index in [2.05, 4.69) is 217 Å². The van der Waals surface area contributed by atoms with Crippen molar-refractivity contribution in [2.24, 2.45) is 0 Å². The van der Waals surface area contributed by atoms with Crippen LogP contribution in [0.25, 0.3) is 76.5 Å². The molecule has 0 heterocycles. The van der Waals surface area contributed by atoms with Gasteiger partial charge in [-0.3, -0.25) is 0 Å². The van der Waals surface area contributed by atoms with E-state index in [0.29, 0.717) is 0 Å². The largest absolute Gasteiger partial charge is 0.356 e. The Balaban J connectivity index is 1.27. The second-order valence-electron chi connectivity index (χ2n) is 13.9. The molecule has 0 fully saturated rings. The molecule has 0 aliphatic carbocycles. The highest BCUT2D eigenvalue weighted by molar-refractivity contribution is 6.17. The number of hydrogen-bond donors (Lipinski definition) is 2. The molecule has 0 saturated carbocycles. The zero-order valence-corrected chi connectivity index (χ0v) is 29.6. The van der Waals surface area contributed by atoms with Crippen molar-refractivity contribution in [2.75, 3.05) is 10.6 Å². The molecule has 0 aliphatic rings. The quantitative estimate of drug-likeness (QED) is 0.163. The summed E-state index contributed by atoms with van der Waals surface area (Å²) in [6, 6.07) is 74.4. The lowest BCUT2D eigenvalue weighted by molar-refractivity contribution is 1.52. The van der Waals surface area contributed by atoms with Crippen LogP contribution in [0, 0.1) is 0 Å². The molecule has 10 rings (SSSR count). The van der Waals surface area contributed by atoms with Crippen LogP contribution in [-0.4, -0.2) is 0 Å². The van der Waals surface area contributed by atoms with Crippen LogP contribution in [0.15, 0.2) is 206 Å². The number of benzene rings is 10. The standard InChI is InChI=1S/C52H36N2/c1-3-17-37(18-4-1)53-39-27-29-47(51(33-39)49-31-35-15-7-9-21-41(35)43-23-11-13-25-45(43)49)48-30-28-40(54-38-19-5-2-6-20-38)34-52(48)50-32-36-16-8-10-22-42(36)44-24-12-14-26-46(44)50/h1-34,53-54H. The molecule has 2 nitrogen and oxygen atoms in total. The molecule has 0 atom stereocenters. The van der Waals surface area contributed by atoms with Gasteiger partial charge < -0.3 is 10.6 Å². The van der Waals surface area contributed by atoms with Crippen molar-refractivity contribution < 1.29 is 0 Å². The molecule has 254 valence electrons. The van der Waals surface area contributed by atoms with Gasteiger partial charge in [-0.1, -0.05) is 146 Å². The van der Waals surface area contributed by atoms with Gasteiger partial charge in [0, 0.05) is 22.7 Å². The van der Waals surface area contributed by atoms with Gasteiger partial charge in [0.1, 0.15) is 0 Å². The Labute approximate surface area is 315 Å². The Hall–Kier alpha value is -7.16. The summed E-state index contributed by atoms with van der Waals surface area (Å²) >= 11 is 0. The van der Waals surface area contributed by atoms with Crippen LogP contribution < -0.4 is 10.6 Å². The van der Waals surface area contributed by atoms with Crippen LogP contribution in [0.5, 0.6) is 0 Å². The van der Waals surface area contributed by atoms with Crippen LogP contribution in [-0.2, 0) is 0 Å². The van der Waals surface area contributed by atoms with Gasteiger partial charge in [-0.05, 0) is 137 Å². The van der Waals surface area contributed by atoms with Crippen molar-refractivity contribution in [1.29, 1.82) is 0 Å². The van der Waals surface area contributed by atoms with Gasteiger partial charge in [-0.2, -0.15) is 0 Å². The first-order chi connectivity index (χ1) is 26.8. The molecule has 0 aliphatic heterocycles. The highest BCUT2D eigenvalue weighted by Gasteiger charge is 2.19. The van der Waals surface area contributed by atoms with Gasteiger partial charge in [0.25, 0.3) is 0 Å². The molecule has 0 aromatic heterocycles. The molecular weight excluding hydrogens is 653 g/mol. The van der Waals surface area contributed by atoms with Crippen molar-refractivity contribution >= 4 is 65.8 Å². The number of para-hydroxylation sites is 2. The molecule has 0 saturated heterocycles. The van der Waals surface area contributed by atoms with E-state index < -0.39 is 0 Å². The average Bonchev–Trinajstić information content (AvgIpc) is 3.24. The number of hydrogen-bond acceptors (Lipinski definition) is 2. The third kappa shape index (κ3) is 5.71. The van der Waals surface area contributed by atoms with E-state index in [9.17, 15) is 0 Å². The van der Waals surface area contributed by atoms with Crippen molar-refractivity contribution in [3.8, 4) is 33.4 Å². The molecule has 0 radical (unpaired) electrons. The summed E-state index contributed by atoms with van der Waals surface area (Å²) in [5.41, 5.74) is 11.3. The zero-order chi connectivity index (χ0) is 35.8. The fourth-order valence-electron chi connectivity index (χ4n) is 8.09. The summed E-state index contributed by atoms with van der Waals surface area (Å²) in [6.07, 6.45) is 0. The summed E-state index contributed by atoms with van der Waals surface area (Å²) in [6.45, 7) is 0. The number of nitrogens with one attached hydrogen (secondary N) is 2. The number of rotatable bonds is 7. The smallest absolute Gasteiger partial charge is 0.0390 e. The molecule has 0 bridgehead atoms. The predicted molar refractivity (Wildman–Crippen MR) is 232 cm³/mol. The Morgan fingerprint density at radius 3 is 0.981 bits per heavy atom. The van der Waals surface area contributed by atoms with Gasteiger partial charge in [-0.25, -0.2) is 0 Å². The van der Waals surface area contributed by atoms with Gasteiger partial charge in [-0.15, -0.1) is 0 Å². The van der Waals surface area contributed by atoms with E-state index >= 15 is 0 Å². The summed E-state index contributed by atoms with van der Waals surface area (Å²) in [5.74, 6) is 0. The van der Waals surface area contributed by atoms with Crippen LogP contribution >= 0.6 is 0 Å². The Bertz CT molecular complexity index is 2780. The van der Waals surface area contributed by atoms with Crippen LogP contribution in [0.3, 0.4) is 0 Å². The summed E-state index contributed by atoms with van der Waals surface area (Å²) in [4.78, 5) is 0. The highest BCUT2D eigenvalue weighted by atomic mass is 14.9. The van der Waals surface area contributed by atoms with E-state index in [4.69, 9.17) is 0 Å². The second kappa shape index (κ2) is 13.4. The van der Waals surface area contributed by atoms with E-state index in [-0.39, 0.29) is 0 Å². The first-order valence-corrected chi connectivity index (χ1v) is 18.5. The average molecular weight is 689 g/mol. The predicted octanol–water partition coefficient (Wildman–Crippen LogP) is 14.8. The van der Waals surface area contributed by atoms with Gasteiger partial charge in [0.05, 0.1) is 0 Å². The van der Waals surface area contributed by atoms with Gasteiger partial charge in [0.15, 0.2) is 0 Å². The normalized spacial score (nSPS) is 11.3. The fraction of sp³-hybridized carbons (Fsp3) is 0. The van der Waals surface area contributed by atoms with Crippen LogP contribution in [0.1, 0.15) is 0 Å². The fourth-order valence-corrected chi connectivity index (χ4v) is 8.09. The van der Waals surface area contributed by atoms with Crippen LogP contribution in [0.2, 0.25) is 0 Å². The lowest BCUT2D eigenvalue weighted by Gasteiger charge is -2.21. The van der Waals surface area contributed by atoms with E-state index in [1.807, 2.05) is 0 Å². The molecule has 10 aromatic carbocycles. The molecule has 0 unspecified atom stereocenters. The SMILES string of the molecule is c1ccc(Nc2ccc(-c3ccc(Nc4ccccc4)cc3-c3cc4ccccc4c4ccccc34)c(-c3cc4ccccc4c4ccccc34)c2)cc1. The molecule has 2 N–H and O–H groups in total. The Morgan fingerprint density at radius 1 is 0.204 bits per heavy atom. The lowest BCUT2D eigenvalue weighted by atomic mass is 9.84. The molecule has 10 aromatic rings. The van der Waals surface area contributed by atoms with E-state index in [1.165, 1.54) is 76.5 Å². The first-order valence-electron chi connectivity index (χ1n) is 18.5. The summed E-state index contributed by atoms with van der Waals surface area (Å²) < 4.78 is 0. The molecule has 54 heavy (non-hydrogen) atoms. The lowest BCUT2D eigenvalue weighted by Crippen LogP contribution is -1.97. The molecule has 2 heteroatoms. The maximum atomic E-state index is 3.69. The summed E-state index contributed by atoms with van der Waals surface area (Å²) in [5, 5.41) is 17.3. The Kier molecular flexibility index (Phi) is 7.85. The van der Waals surface area contributed by atoms with E-state index in [1.54, 1.807) is 0 Å². The molecule has 0 amide bonds. The van der Waals surface area contributed by atoms with Crippen molar-refractivity contribution in [3.63, 3.8) is 0 Å². The maximum absolute atomic E-state index is 3.69. The van der Waals surface area contributed by atoms with Gasteiger partial charge in [0.2, 0.25) is 0 Å². The molecule has 0 spiro atoms. The number of fused-ring (bicyclic) bond motifs is 6. The van der Waals surface area contributed by atoms with Crippen LogP contribution in [0.4, 0.5) is 22.7 Å². The van der Waals surface area contributed by atoms with Gasteiger partial charge >= 0.3 is 0 Å². The minimum Gasteiger partial charge on any atom is -0.356 e. The minimum absolute atomic E-state index is 1.04. The topological polar surface area (TPSA) is 24.1 Å². The molecular formula is C52H36N2. The number of anilines is 4. The maximum Gasteiger partial charge on any atom is 0.0390 e. The van der Waals surface area contributed by atoms with Crippen molar-refractivity contribution in [2.45, 2.75) is 0 Å². The third-order valence-corrected chi connectivity index (χ3v) is 10.6. The van der Waals surface area contributed by atoms with Crippen molar-refractivity contribution in [1.82, 2.24) is 0 Å². The second-order valence-corrected chi connectivity index (χ2v) is 13.9. The summed E-state index contributed by atoms with van der Waals surface area (Å²) in [7, 11) is 0.